The first kappa shape index (κ1) is 16.5. The lowest BCUT2D eigenvalue weighted by molar-refractivity contribution is -0.114. The van der Waals surface area contributed by atoms with Crippen LogP contribution < -0.4 is 20.1 Å². The van der Waals surface area contributed by atoms with Gasteiger partial charge in [0, 0.05) is 6.07 Å². The summed E-state index contributed by atoms with van der Waals surface area (Å²) >= 11 is 0. The maximum Gasteiger partial charge on any atom is 0.243 e. The number of carbonyl (C=O) groups excluding carboxylic acids is 1. The van der Waals surface area contributed by atoms with Gasteiger partial charge in [-0.15, -0.1) is 0 Å². The first-order chi connectivity index (χ1) is 11.0. The van der Waals surface area contributed by atoms with Crippen LogP contribution in [0.3, 0.4) is 0 Å². The molecule has 0 aromatic heterocycles. The van der Waals surface area contributed by atoms with Crippen LogP contribution in [-0.2, 0) is 4.79 Å². The Morgan fingerprint density at radius 2 is 1.78 bits per heavy atom. The van der Waals surface area contributed by atoms with Gasteiger partial charge in [-0.1, -0.05) is 6.07 Å². The third kappa shape index (κ3) is 4.09. The van der Waals surface area contributed by atoms with Gasteiger partial charge in [0.1, 0.15) is 28.8 Å². The minimum absolute atomic E-state index is 0.299. The molecule has 0 atom stereocenters. The largest absolute Gasteiger partial charge is 0.497 e. The SMILES string of the molecule is COc1ccc(NC(=O)CNc2c(F)cccc2F)c(OC)c1. The van der Waals surface area contributed by atoms with Crippen LogP contribution >= 0.6 is 0 Å². The Morgan fingerprint density at radius 1 is 1.09 bits per heavy atom. The summed E-state index contributed by atoms with van der Waals surface area (Å²) in [5, 5.41) is 5.03. The van der Waals surface area contributed by atoms with Crippen molar-refractivity contribution >= 4 is 17.3 Å². The van der Waals surface area contributed by atoms with Crippen LogP contribution in [0.2, 0.25) is 0 Å². The second-order valence-electron chi connectivity index (χ2n) is 4.56. The van der Waals surface area contributed by atoms with Gasteiger partial charge >= 0.3 is 0 Å². The van der Waals surface area contributed by atoms with Gasteiger partial charge in [0.05, 0.1) is 26.5 Å². The van der Waals surface area contributed by atoms with E-state index in [1.807, 2.05) is 0 Å². The van der Waals surface area contributed by atoms with Crippen LogP contribution in [0.5, 0.6) is 11.5 Å². The first-order valence-electron chi connectivity index (χ1n) is 6.75. The second kappa shape index (κ2) is 7.44. The van der Waals surface area contributed by atoms with Crippen LogP contribution in [0.1, 0.15) is 0 Å². The Labute approximate surface area is 132 Å². The molecule has 0 heterocycles. The van der Waals surface area contributed by atoms with E-state index in [1.165, 1.54) is 20.3 Å². The van der Waals surface area contributed by atoms with E-state index < -0.39 is 17.5 Å². The van der Waals surface area contributed by atoms with Gasteiger partial charge in [0.25, 0.3) is 0 Å². The number of amides is 1. The molecular formula is C16H16F2N2O3. The standard InChI is InChI=1S/C16H16F2N2O3/c1-22-10-6-7-13(14(8-10)23-2)20-15(21)9-19-16-11(17)4-3-5-12(16)18/h3-8,19H,9H2,1-2H3,(H,20,21). The molecule has 122 valence electrons. The van der Waals surface area contributed by atoms with Crippen molar-refractivity contribution in [1.82, 2.24) is 0 Å². The summed E-state index contributed by atoms with van der Waals surface area (Å²) in [6.07, 6.45) is 0. The Bertz CT molecular complexity index is 687. The molecule has 0 bridgehead atoms. The highest BCUT2D eigenvalue weighted by atomic mass is 19.1. The summed E-state index contributed by atoms with van der Waals surface area (Å²) in [7, 11) is 2.97. The van der Waals surface area contributed by atoms with Crippen molar-refractivity contribution in [2.75, 3.05) is 31.4 Å². The summed E-state index contributed by atoms with van der Waals surface area (Å²) in [5.74, 6) is -1.02. The van der Waals surface area contributed by atoms with E-state index in [0.29, 0.717) is 17.2 Å². The van der Waals surface area contributed by atoms with Crippen molar-refractivity contribution < 1.29 is 23.0 Å². The number of rotatable bonds is 6. The molecule has 23 heavy (non-hydrogen) atoms. The van der Waals surface area contributed by atoms with Gasteiger partial charge < -0.3 is 20.1 Å². The van der Waals surface area contributed by atoms with E-state index in [1.54, 1.807) is 18.2 Å². The molecule has 0 spiro atoms. The van der Waals surface area contributed by atoms with E-state index in [2.05, 4.69) is 10.6 Å². The number of hydrogen-bond acceptors (Lipinski definition) is 4. The molecule has 2 N–H and O–H groups in total. The smallest absolute Gasteiger partial charge is 0.243 e. The van der Waals surface area contributed by atoms with Crippen molar-refractivity contribution in [3.8, 4) is 11.5 Å². The lowest BCUT2D eigenvalue weighted by atomic mass is 10.2. The van der Waals surface area contributed by atoms with Crippen molar-refractivity contribution in [1.29, 1.82) is 0 Å². The quantitative estimate of drug-likeness (QED) is 0.858. The van der Waals surface area contributed by atoms with Gasteiger partial charge in [-0.2, -0.15) is 0 Å². The molecule has 0 fully saturated rings. The van der Waals surface area contributed by atoms with Crippen LogP contribution in [0.25, 0.3) is 0 Å². The Balaban J connectivity index is 2.03. The molecule has 2 aromatic carbocycles. The third-order valence-electron chi connectivity index (χ3n) is 3.07. The molecule has 0 aliphatic carbocycles. The zero-order valence-electron chi connectivity index (χ0n) is 12.7. The number of para-hydroxylation sites is 1. The Morgan fingerprint density at radius 3 is 2.39 bits per heavy atom. The fraction of sp³-hybridized carbons (Fsp3) is 0.188. The maximum absolute atomic E-state index is 13.5. The van der Waals surface area contributed by atoms with Crippen molar-refractivity contribution in [2.24, 2.45) is 0 Å². The third-order valence-corrected chi connectivity index (χ3v) is 3.07. The van der Waals surface area contributed by atoms with Crippen LogP contribution in [0, 0.1) is 11.6 Å². The number of ether oxygens (including phenoxy) is 2. The molecule has 2 rings (SSSR count). The van der Waals surface area contributed by atoms with E-state index in [0.717, 1.165) is 12.1 Å². The zero-order chi connectivity index (χ0) is 16.8. The number of carbonyl (C=O) groups is 1. The predicted molar refractivity (Wildman–Crippen MR) is 83.0 cm³/mol. The number of anilines is 2. The normalized spacial score (nSPS) is 10.1. The summed E-state index contributed by atoms with van der Waals surface area (Å²) < 4.78 is 37.1. The molecule has 0 aliphatic heterocycles. The first-order valence-corrected chi connectivity index (χ1v) is 6.75. The van der Waals surface area contributed by atoms with Crippen LogP contribution in [-0.4, -0.2) is 26.7 Å². The molecule has 5 nitrogen and oxygen atoms in total. The van der Waals surface area contributed by atoms with E-state index in [4.69, 9.17) is 9.47 Å². The minimum Gasteiger partial charge on any atom is -0.497 e. The van der Waals surface area contributed by atoms with Gasteiger partial charge in [-0.25, -0.2) is 8.78 Å². The summed E-state index contributed by atoms with van der Waals surface area (Å²) in [6, 6.07) is 8.34. The number of hydrogen-bond donors (Lipinski definition) is 2. The van der Waals surface area contributed by atoms with Crippen molar-refractivity contribution in [3.05, 3.63) is 48.0 Å². The summed E-state index contributed by atoms with van der Waals surface area (Å²) in [6.45, 7) is -0.299. The van der Waals surface area contributed by atoms with Gasteiger partial charge in [-0.05, 0) is 24.3 Å². The maximum atomic E-state index is 13.5. The molecule has 0 saturated carbocycles. The fourth-order valence-corrected chi connectivity index (χ4v) is 1.93. The van der Waals surface area contributed by atoms with Gasteiger partial charge in [0.2, 0.25) is 5.91 Å². The number of nitrogens with one attached hydrogen (secondary N) is 2. The molecule has 1 amide bonds. The summed E-state index contributed by atoms with van der Waals surface area (Å²) in [4.78, 5) is 11.9. The Hall–Kier alpha value is -2.83. The molecule has 0 aliphatic rings. The van der Waals surface area contributed by atoms with E-state index >= 15 is 0 Å². The lowest BCUT2D eigenvalue weighted by Gasteiger charge is -2.12. The van der Waals surface area contributed by atoms with Crippen LogP contribution in [0.15, 0.2) is 36.4 Å². The lowest BCUT2D eigenvalue weighted by Crippen LogP contribution is -2.23. The highest BCUT2D eigenvalue weighted by Crippen LogP contribution is 2.29. The minimum atomic E-state index is -0.764. The molecule has 2 aromatic rings. The van der Waals surface area contributed by atoms with Gasteiger partial charge in [-0.3, -0.25) is 4.79 Å². The second-order valence-corrected chi connectivity index (χ2v) is 4.56. The topological polar surface area (TPSA) is 59.6 Å². The average Bonchev–Trinajstić information content (AvgIpc) is 2.54. The molecule has 0 radical (unpaired) electrons. The number of benzene rings is 2. The summed E-state index contributed by atoms with van der Waals surface area (Å²) in [5.41, 5.74) is 0.0819. The van der Waals surface area contributed by atoms with E-state index in [-0.39, 0.29) is 12.2 Å². The molecule has 0 saturated heterocycles. The number of halogens is 2. The monoisotopic (exact) mass is 322 g/mol. The average molecular weight is 322 g/mol. The molecule has 0 unspecified atom stereocenters. The number of methoxy groups -OCH3 is 2. The molecular weight excluding hydrogens is 306 g/mol. The fourth-order valence-electron chi connectivity index (χ4n) is 1.93. The van der Waals surface area contributed by atoms with E-state index in [9.17, 15) is 13.6 Å². The zero-order valence-corrected chi connectivity index (χ0v) is 12.7. The predicted octanol–water partition coefficient (Wildman–Crippen LogP) is 3.03. The highest BCUT2D eigenvalue weighted by molar-refractivity contribution is 5.95. The molecule has 7 heteroatoms. The van der Waals surface area contributed by atoms with Crippen LogP contribution in [0.4, 0.5) is 20.2 Å². The van der Waals surface area contributed by atoms with Crippen molar-refractivity contribution in [3.63, 3.8) is 0 Å². The van der Waals surface area contributed by atoms with Crippen molar-refractivity contribution in [2.45, 2.75) is 0 Å². The Kier molecular flexibility index (Phi) is 5.35. The van der Waals surface area contributed by atoms with Gasteiger partial charge in [0.15, 0.2) is 0 Å². The highest BCUT2D eigenvalue weighted by Gasteiger charge is 2.12.